The molecular formula is C13H11BrN2O2. The smallest absolute Gasteiger partial charge is 0.190 e. The Hall–Kier alpha value is -1.75. The molecule has 0 spiro atoms. The summed E-state index contributed by atoms with van der Waals surface area (Å²) < 4.78 is 2.50. The van der Waals surface area contributed by atoms with E-state index in [1.165, 1.54) is 6.33 Å². The van der Waals surface area contributed by atoms with Gasteiger partial charge in [-0.2, -0.15) is 0 Å². The topological polar surface area (TPSA) is 52.0 Å². The number of hydrogen-bond donors (Lipinski definition) is 0. The van der Waals surface area contributed by atoms with Crippen LogP contribution in [0.1, 0.15) is 27.3 Å². The lowest BCUT2D eigenvalue weighted by Gasteiger charge is -2.00. The molecule has 0 fully saturated rings. The van der Waals surface area contributed by atoms with Gasteiger partial charge in [0.1, 0.15) is 5.69 Å². The number of ketones is 2. The zero-order valence-corrected chi connectivity index (χ0v) is 11.3. The SMILES string of the molecule is Cn1cnc(C(=O)CC(=O)c2cccc(Br)c2)c1. The second-order valence-corrected chi connectivity index (χ2v) is 4.87. The van der Waals surface area contributed by atoms with Gasteiger partial charge in [-0.25, -0.2) is 4.98 Å². The highest BCUT2D eigenvalue weighted by molar-refractivity contribution is 9.10. The number of Topliss-reactive ketones (excluding diaryl/α,β-unsaturated/α-hetero) is 2. The fourth-order valence-corrected chi connectivity index (χ4v) is 1.96. The Labute approximate surface area is 113 Å². The van der Waals surface area contributed by atoms with Crippen molar-refractivity contribution in [1.29, 1.82) is 0 Å². The highest BCUT2D eigenvalue weighted by atomic mass is 79.9. The van der Waals surface area contributed by atoms with E-state index >= 15 is 0 Å². The maximum atomic E-state index is 11.9. The molecule has 5 heteroatoms. The average Bonchev–Trinajstić information content (AvgIpc) is 2.76. The van der Waals surface area contributed by atoms with E-state index in [1.807, 2.05) is 6.07 Å². The Morgan fingerprint density at radius 1 is 1.33 bits per heavy atom. The summed E-state index contributed by atoms with van der Waals surface area (Å²) in [5.74, 6) is -0.465. The quantitative estimate of drug-likeness (QED) is 0.644. The van der Waals surface area contributed by atoms with Gasteiger partial charge in [0, 0.05) is 23.3 Å². The zero-order valence-electron chi connectivity index (χ0n) is 9.76. The van der Waals surface area contributed by atoms with Crippen LogP contribution in [0.3, 0.4) is 0 Å². The molecule has 0 saturated heterocycles. The lowest BCUT2D eigenvalue weighted by atomic mass is 10.1. The van der Waals surface area contributed by atoms with Gasteiger partial charge in [-0.05, 0) is 12.1 Å². The molecule has 0 N–H and O–H groups in total. The highest BCUT2D eigenvalue weighted by Crippen LogP contribution is 2.14. The third-order valence-electron chi connectivity index (χ3n) is 2.46. The monoisotopic (exact) mass is 306 g/mol. The van der Waals surface area contributed by atoms with Crippen molar-refractivity contribution in [2.45, 2.75) is 6.42 Å². The maximum absolute atomic E-state index is 11.9. The number of halogens is 1. The number of carbonyl (C=O) groups excluding carboxylic acids is 2. The molecule has 0 amide bonds. The number of hydrogen-bond acceptors (Lipinski definition) is 3. The summed E-state index contributed by atoms with van der Waals surface area (Å²) in [6.45, 7) is 0. The lowest BCUT2D eigenvalue weighted by molar-refractivity contribution is 0.0891. The van der Waals surface area contributed by atoms with Crippen molar-refractivity contribution in [2.75, 3.05) is 0 Å². The third-order valence-corrected chi connectivity index (χ3v) is 2.95. The number of benzene rings is 1. The van der Waals surface area contributed by atoms with Gasteiger partial charge in [-0.15, -0.1) is 0 Å². The summed E-state index contributed by atoms with van der Waals surface area (Å²) in [6, 6.07) is 6.99. The van der Waals surface area contributed by atoms with Crippen LogP contribution in [0.25, 0.3) is 0 Å². The van der Waals surface area contributed by atoms with Crippen LogP contribution < -0.4 is 0 Å². The molecule has 0 aliphatic rings. The number of aryl methyl sites for hydroxylation is 1. The average molecular weight is 307 g/mol. The number of imidazole rings is 1. The predicted octanol–water partition coefficient (Wildman–Crippen LogP) is 2.64. The number of rotatable bonds is 4. The van der Waals surface area contributed by atoms with Crippen LogP contribution in [0.2, 0.25) is 0 Å². The fraction of sp³-hybridized carbons (Fsp3) is 0.154. The Bertz CT molecular complexity index is 605. The van der Waals surface area contributed by atoms with Crippen LogP contribution >= 0.6 is 15.9 Å². The predicted molar refractivity (Wildman–Crippen MR) is 70.6 cm³/mol. The summed E-state index contributed by atoms with van der Waals surface area (Å²) in [7, 11) is 1.78. The molecule has 92 valence electrons. The van der Waals surface area contributed by atoms with Crippen LogP contribution in [0.4, 0.5) is 0 Å². The van der Waals surface area contributed by atoms with Gasteiger partial charge in [0.15, 0.2) is 11.6 Å². The first-order valence-electron chi connectivity index (χ1n) is 5.36. The van der Waals surface area contributed by atoms with Crippen LogP contribution in [-0.2, 0) is 7.05 Å². The van der Waals surface area contributed by atoms with Crippen molar-refractivity contribution in [1.82, 2.24) is 9.55 Å². The molecule has 0 atom stereocenters. The number of nitrogens with zero attached hydrogens (tertiary/aromatic N) is 2. The van der Waals surface area contributed by atoms with Gasteiger partial charge < -0.3 is 4.57 Å². The Morgan fingerprint density at radius 2 is 2.11 bits per heavy atom. The second-order valence-electron chi connectivity index (χ2n) is 3.96. The summed E-state index contributed by atoms with van der Waals surface area (Å²) in [5, 5.41) is 0. The van der Waals surface area contributed by atoms with Crippen LogP contribution in [0.15, 0.2) is 41.3 Å². The van der Waals surface area contributed by atoms with E-state index < -0.39 is 0 Å². The molecule has 0 radical (unpaired) electrons. The molecule has 0 unspecified atom stereocenters. The van der Waals surface area contributed by atoms with Crippen molar-refractivity contribution in [3.05, 3.63) is 52.5 Å². The van der Waals surface area contributed by atoms with Crippen LogP contribution in [-0.4, -0.2) is 21.1 Å². The largest absolute Gasteiger partial charge is 0.340 e. The van der Waals surface area contributed by atoms with Crippen molar-refractivity contribution in [3.8, 4) is 0 Å². The zero-order chi connectivity index (χ0) is 13.1. The molecule has 18 heavy (non-hydrogen) atoms. The number of carbonyl (C=O) groups is 2. The van der Waals surface area contributed by atoms with Gasteiger partial charge in [0.25, 0.3) is 0 Å². The molecule has 2 aromatic rings. The summed E-state index contributed by atoms with van der Waals surface area (Å²) in [5.41, 5.74) is 0.842. The Kier molecular flexibility index (Phi) is 3.72. The standard InChI is InChI=1S/C13H11BrN2O2/c1-16-7-11(15-8-16)13(18)6-12(17)9-3-2-4-10(14)5-9/h2-5,7-8H,6H2,1H3. The maximum Gasteiger partial charge on any atom is 0.190 e. The highest BCUT2D eigenvalue weighted by Gasteiger charge is 2.15. The second kappa shape index (κ2) is 5.27. The summed E-state index contributed by atoms with van der Waals surface area (Å²) in [4.78, 5) is 27.7. The summed E-state index contributed by atoms with van der Waals surface area (Å²) >= 11 is 3.29. The van der Waals surface area contributed by atoms with Gasteiger partial charge in [0.2, 0.25) is 0 Å². The molecule has 2 rings (SSSR count). The minimum atomic E-state index is -0.263. The minimum Gasteiger partial charge on any atom is -0.340 e. The van der Waals surface area contributed by atoms with E-state index in [-0.39, 0.29) is 18.0 Å². The first-order valence-corrected chi connectivity index (χ1v) is 6.15. The van der Waals surface area contributed by atoms with Crippen molar-refractivity contribution in [3.63, 3.8) is 0 Å². The van der Waals surface area contributed by atoms with E-state index in [4.69, 9.17) is 0 Å². The first-order chi connectivity index (χ1) is 8.56. The Balaban J connectivity index is 2.10. The third kappa shape index (κ3) is 2.92. The van der Waals surface area contributed by atoms with Crippen molar-refractivity contribution < 1.29 is 9.59 Å². The van der Waals surface area contributed by atoms with Gasteiger partial charge in [0.05, 0.1) is 12.7 Å². The fourth-order valence-electron chi connectivity index (χ4n) is 1.56. The normalized spacial score (nSPS) is 10.3. The van der Waals surface area contributed by atoms with Gasteiger partial charge >= 0.3 is 0 Å². The van der Waals surface area contributed by atoms with Gasteiger partial charge in [-0.1, -0.05) is 28.1 Å². The van der Waals surface area contributed by atoms with Crippen LogP contribution in [0, 0.1) is 0 Å². The van der Waals surface area contributed by atoms with Crippen molar-refractivity contribution in [2.24, 2.45) is 7.05 Å². The molecule has 0 saturated carbocycles. The van der Waals surface area contributed by atoms with E-state index in [0.717, 1.165) is 4.47 Å². The molecule has 0 bridgehead atoms. The van der Waals surface area contributed by atoms with E-state index in [1.54, 1.807) is 36.0 Å². The first kappa shape index (κ1) is 12.7. The molecule has 1 heterocycles. The molecule has 4 nitrogen and oxygen atoms in total. The number of aromatic nitrogens is 2. The van der Waals surface area contributed by atoms with E-state index in [2.05, 4.69) is 20.9 Å². The molecule has 1 aromatic heterocycles. The molecule has 0 aliphatic heterocycles. The van der Waals surface area contributed by atoms with Crippen LogP contribution in [0.5, 0.6) is 0 Å². The van der Waals surface area contributed by atoms with Gasteiger partial charge in [-0.3, -0.25) is 9.59 Å². The Morgan fingerprint density at radius 3 is 2.72 bits per heavy atom. The molecule has 0 aliphatic carbocycles. The molecule has 1 aromatic carbocycles. The minimum absolute atomic E-state index is 0.159. The molecular weight excluding hydrogens is 296 g/mol. The van der Waals surface area contributed by atoms with Crippen molar-refractivity contribution >= 4 is 27.5 Å². The van der Waals surface area contributed by atoms with E-state index in [9.17, 15) is 9.59 Å². The lowest BCUT2D eigenvalue weighted by Crippen LogP contribution is -2.09. The summed E-state index contributed by atoms with van der Waals surface area (Å²) in [6.07, 6.45) is 2.99. The van der Waals surface area contributed by atoms with E-state index in [0.29, 0.717) is 11.3 Å².